The summed E-state index contributed by atoms with van der Waals surface area (Å²) in [5.41, 5.74) is 4.49. The maximum Gasteiger partial charge on any atom is 0.407 e. The molecule has 0 radical (unpaired) electrons. The normalized spacial score (nSPS) is 14.1. The van der Waals surface area contributed by atoms with E-state index in [1.165, 1.54) is 0 Å². The second kappa shape index (κ2) is 10.8. The number of hydrogen-bond acceptors (Lipinski definition) is 5. The molecule has 0 bridgehead atoms. The quantitative estimate of drug-likeness (QED) is 0.450. The Bertz CT molecular complexity index is 931. The molecule has 0 spiro atoms. The molecule has 0 aliphatic heterocycles. The van der Waals surface area contributed by atoms with E-state index in [2.05, 4.69) is 22.8 Å². The van der Waals surface area contributed by atoms with Crippen molar-refractivity contribution in [2.45, 2.75) is 44.2 Å². The van der Waals surface area contributed by atoms with E-state index in [0.29, 0.717) is 6.42 Å². The minimum atomic E-state index is -1.22. The zero-order valence-corrected chi connectivity index (χ0v) is 17.9. The number of carbonyl (C=O) groups is 3. The van der Waals surface area contributed by atoms with E-state index < -0.39 is 30.1 Å². The number of alkyl carbamates (subject to hydrolysis) is 1. The average molecular weight is 440 g/mol. The van der Waals surface area contributed by atoms with Gasteiger partial charge in [-0.2, -0.15) is 0 Å². The lowest BCUT2D eigenvalue weighted by Gasteiger charge is -2.20. The highest BCUT2D eigenvalue weighted by atomic mass is 16.5. The first-order valence-corrected chi connectivity index (χ1v) is 10.7. The molecule has 0 aromatic heterocycles. The molecule has 1 aliphatic carbocycles. The predicted molar refractivity (Wildman–Crippen MR) is 118 cm³/mol. The van der Waals surface area contributed by atoms with Gasteiger partial charge in [0.15, 0.2) is 0 Å². The number of carboxylic acid groups (broad SMARTS) is 1. The van der Waals surface area contributed by atoms with Gasteiger partial charge in [-0.25, -0.2) is 9.59 Å². The van der Waals surface area contributed by atoms with Crippen molar-refractivity contribution < 1.29 is 29.3 Å². The van der Waals surface area contributed by atoms with E-state index in [1.807, 2.05) is 43.3 Å². The van der Waals surface area contributed by atoms with Gasteiger partial charge in [0.25, 0.3) is 0 Å². The van der Waals surface area contributed by atoms with Gasteiger partial charge in [-0.1, -0.05) is 55.5 Å². The molecule has 2 amide bonds. The van der Waals surface area contributed by atoms with Crippen LogP contribution in [0.4, 0.5) is 4.79 Å². The van der Waals surface area contributed by atoms with Crippen LogP contribution in [0.2, 0.25) is 0 Å². The lowest BCUT2D eigenvalue weighted by atomic mass is 9.98. The van der Waals surface area contributed by atoms with Crippen LogP contribution in [0.25, 0.3) is 11.1 Å². The third-order valence-electron chi connectivity index (χ3n) is 5.64. The third-order valence-corrected chi connectivity index (χ3v) is 5.64. The van der Waals surface area contributed by atoms with Crippen molar-refractivity contribution in [1.82, 2.24) is 10.6 Å². The van der Waals surface area contributed by atoms with Crippen LogP contribution in [0.3, 0.4) is 0 Å². The highest BCUT2D eigenvalue weighted by Crippen LogP contribution is 2.44. The van der Waals surface area contributed by atoms with Crippen molar-refractivity contribution in [1.29, 1.82) is 0 Å². The zero-order chi connectivity index (χ0) is 23.1. The first kappa shape index (κ1) is 23.3. The van der Waals surface area contributed by atoms with Crippen LogP contribution in [0, 0.1) is 0 Å². The average Bonchev–Trinajstić information content (AvgIpc) is 3.10. The van der Waals surface area contributed by atoms with Crippen LogP contribution < -0.4 is 10.6 Å². The lowest BCUT2D eigenvalue weighted by Crippen LogP contribution is -2.45. The van der Waals surface area contributed by atoms with E-state index in [4.69, 9.17) is 14.9 Å². The van der Waals surface area contributed by atoms with Crippen molar-refractivity contribution in [3.63, 3.8) is 0 Å². The van der Waals surface area contributed by atoms with E-state index in [0.717, 1.165) is 22.3 Å². The Kier molecular flexibility index (Phi) is 7.83. The Labute approximate surface area is 186 Å². The van der Waals surface area contributed by atoms with Gasteiger partial charge in [0.1, 0.15) is 12.6 Å². The molecule has 2 aromatic carbocycles. The predicted octanol–water partition coefficient (Wildman–Crippen LogP) is 2.65. The fourth-order valence-corrected chi connectivity index (χ4v) is 3.97. The van der Waals surface area contributed by atoms with Gasteiger partial charge in [0.2, 0.25) is 5.91 Å². The monoisotopic (exact) mass is 440 g/mol. The molecular formula is C24H28N2O6. The van der Waals surface area contributed by atoms with Crippen molar-refractivity contribution >= 4 is 18.0 Å². The number of aliphatic hydroxyl groups excluding tert-OH is 1. The Hall–Kier alpha value is -3.39. The maximum atomic E-state index is 12.4. The fourth-order valence-electron chi connectivity index (χ4n) is 3.97. The number of carboxylic acids is 1. The highest BCUT2D eigenvalue weighted by Gasteiger charge is 2.29. The van der Waals surface area contributed by atoms with Crippen molar-refractivity contribution in [3.8, 4) is 11.1 Å². The highest BCUT2D eigenvalue weighted by molar-refractivity contribution is 5.84. The second-order valence-corrected chi connectivity index (χ2v) is 7.75. The summed E-state index contributed by atoms with van der Waals surface area (Å²) < 4.78 is 5.50. The first-order valence-electron chi connectivity index (χ1n) is 10.7. The fraction of sp³-hybridized carbons (Fsp3) is 0.375. The van der Waals surface area contributed by atoms with Crippen molar-refractivity contribution in [3.05, 3.63) is 59.7 Å². The number of amides is 2. The molecule has 0 saturated carbocycles. The SMILES string of the molecule is CC[C@H](CC(=O)N[C@H](CCO)C(=O)O)NC(=O)OCC1c2ccccc2-c2ccccc21. The number of nitrogens with one attached hydrogen (secondary N) is 2. The molecule has 4 N–H and O–H groups in total. The van der Waals surface area contributed by atoms with Crippen LogP contribution >= 0.6 is 0 Å². The van der Waals surface area contributed by atoms with Crippen LogP contribution in [-0.4, -0.2) is 53.5 Å². The van der Waals surface area contributed by atoms with E-state index in [9.17, 15) is 14.4 Å². The molecule has 3 rings (SSSR count). The molecule has 8 nitrogen and oxygen atoms in total. The van der Waals surface area contributed by atoms with E-state index in [-0.39, 0.29) is 32.0 Å². The molecule has 0 unspecified atom stereocenters. The van der Waals surface area contributed by atoms with Gasteiger partial charge in [0.05, 0.1) is 0 Å². The zero-order valence-electron chi connectivity index (χ0n) is 17.9. The van der Waals surface area contributed by atoms with Crippen LogP contribution in [-0.2, 0) is 14.3 Å². The Morgan fingerprint density at radius 1 is 1.00 bits per heavy atom. The third kappa shape index (κ3) is 5.45. The summed E-state index contributed by atoms with van der Waals surface area (Å²) in [6.07, 6.45) is -0.334. The van der Waals surface area contributed by atoms with Crippen LogP contribution in [0.1, 0.15) is 43.2 Å². The van der Waals surface area contributed by atoms with E-state index >= 15 is 0 Å². The Morgan fingerprint density at radius 3 is 2.12 bits per heavy atom. The Morgan fingerprint density at radius 2 is 1.59 bits per heavy atom. The van der Waals surface area contributed by atoms with Gasteiger partial charge in [-0.15, -0.1) is 0 Å². The van der Waals surface area contributed by atoms with Crippen LogP contribution in [0.5, 0.6) is 0 Å². The molecule has 8 heteroatoms. The number of aliphatic carboxylic acids is 1. The molecule has 0 saturated heterocycles. The number of carbonyl (C=O) groups excluding carboxylic acids is 2. The smallest absolute Gasteiger partial charge is 0.407 e. The molecule has 0 heterocycles. The minimum absolute atomic E-state index is 0.0636. The molecule has 170 valence electrons. The molecule has 2 atom stereocenters. The number of rotatable bonds is 10. The summed E-state index contributed by atoms with van der Waals surface area (Å²) in [7, 11) is 0. The molecule has 2 aromatic rings. The van der Waals surface area contributed by atoms with Crippen LogP contribution in [0.15, 0.2) is 48.5 Å². The molecule has 1 aliphatic rings. The molecular weight excluding hydrogens is 412 g/mol. The van der Waals surface area contributed by atoms with Gasteiger partial charge in [-0.05, 0) is 28.7 Å². The number of benzene rings is 2. The van der Waals surface area contributed by atoms with Gasteiger partial charge in [0, 0.05) is 31.4 Å². The lowest BCUT2D eigenvalue weighted by molar-refractivity contribution is -0.142. The minimum Gasteiger partial charge on any atom is -0.480 e. The number of hydrogen-bond donors (Lipinski definition) is 4. The summed E-state index contributed by atoms with van der Waals surface area (Å²) in [6, 6.07) is 14.4. The number of ether oxygens (including phenoxy) is 1. The topological polar surface area (TPSA) is 125 Å². The summed E-state index contributed by atoms with van der Waals surface area (Å²) in [4.78, 5) is 35.7. The molecule has 0 fully saturated rings. The standard InChI is InChI=1S/C24H28N2O6/c1-2-15(13-22(28)26-21(11-12-27)23(29)30)25-24(31)32-14-20-18-9-5-3-7-16(18)17-8-4-6-10-19(17)20/h3-10,15,20-21,27H,2,11-14H2,1H3,(H,25,31)(H,26,28)(H,29,30)/t15-,21-/m1/s1. The summed E-state index contributed by atoms with van der Waals surface area (Å²) in [5.74, 6) is -1.80. The van der Waals surface area contributed by atoms with Gasteiger partial charge < -0.3 is 25.6 Å². The van der Waals surface area contributed by atoms with E-state index in [1.54, 1.807) is 0 Å². The number of fused-ring (bicyclic) bond motifs is 3. The van der Waals surface area contributed by atoms with Crippen molar-refractivity contribution in [2.75, 3.05) is 13.2 Å². The largest absolute Gasteiger partial charge is 0.480 e. The maximum absolute atomic E-state index is 12.4. The second-order valence-electron chi connectivity index (χ2n) is 7.75. The summed E-state index contributed by atoms with van der Waals surface area (Å²) in [5, 5.41) is 23.1. The van der Waals surface area contributed by atoms with Gasteiger partial charge >= 0.3 is 12.1 Å². The van der Waals surface area contributed by atoms with Gasteiger partial charge in [-0.3, -0.25) is 4.79 Å². The number of aliphatic hydroxyl groups is 1. The Balaban J connectivity index is 1.56. The molecule has 32 heavy (non-hydrogen) atoms. The summed E-state index contributed by atoms with van der Waals surface area (Å²) >= 11 is 0. The summed E-state index contributed by atoms with van der Waals surface area (Å²) in [6.45, 7) is 1.62. The first-order chi connectivity index (χ1) is 15.4. The van der Waals surface area contributed by atoms with Crippen molar-refractivity contribution in [2.24, 2.45) is 0 Å².